The highest BCUT2D eigenvalue weighted by Gasteiger charge is 2.22. The third kappa shape index (κ3) is 6.71. The topological polar surface area (TPSA) is 139 Å². The molecule has 0 atom stereocenters. The highest BCUT2D eigenvalue weighted by Crippen LogP contribution is 2.20. The molecule has 9 nitrogen and oxygen atoms in total. The smallest absolute Gasteiger partial charge is 0.337 e. The predicted octanol–water partition coefficient (Wildman–Crippen LogP) is 1.64. The molecule has 0 fully saturated rings. The molecule has 0 bridgehead atoms. The molecule has 144 valence electrons. The second-order valence-electron chi connectivity index (χ2n) is 6.37. The van der Waals surface area contributed by atoms with Crippen LogP contribution in [0, 0.1) is 0 Å². The largest absolute Gasteiger partial charge is 0.481 e. The second-order valence-corrected chi connectivity index (χ2v) is 8.38. The number of hydrogen-bond acceptors (Lipinski definition) is 6. The van der Waals surface area contributed by atoms with Gasteiger partial charge in [-0.3, -0.25) is 4.79 Å². The van der Waals surface area contributed by atoms with Crippen LogP contribution in [0.2, 0.25) is 0 Å². The maximum absolute atomic E-state index is 12.1. The number of hydrogen-bond donors (Lipinski definition) is 3. The fourth-order valence-electron chi connectivity index (χ4n) is 2.07. The molecule has 2 amide bonds. The van der Waals surface area contributed by atoms with Crippen LogP contribution in [-0.4, -0.2) is 50.4 Å². The zero-order valence-electron chi connectivity index (χ0n) is 15.0. The first-order valence-corrected chi connectivity index (χ1v) is 9.47. The van der Waals surface area contributed by atoms with Crippen molar-refractivity contribution in [1.82, 2.24) is 5.32 Å². The summed E-state index contributed by atoms with van der Waals surface area (Å²) in [5.74, 6) is -1.73. The second kappa shape index (κ2) is 8.17. The SMILES string of the molecule is COC(=O)c1cc(NC(=O)NC(C)(C)CCC(=O)O)cc(S(C)(=O)=O)c1. The lowest BCUT2D eigenvalue weighted by molar-refractivity contribution is -0.137. The number of carbonyl (C=O) groups is 3. The number of ether oxygens (including phenoxy) is 1. The van der Waals surface area contributed by atoms with Gasteiger partial charge in [-0.15, -0.1) is 0 Å². The molecule has 0 aliphatic heterocycles. The molecular formula is C16H22N2O7S. The van der Waals surface area contributed by atoms with E-state index in [2.05, 4.69) is 15.4 Å². The van der Waals surface area contributed by atoms with Gasteiger partial charge in [0.1, 0.15) is 0 Å². The average Bonchev–Trinajstić information content (AvgIpc) is 2.50. The summed E-state index contributed by atoms with van der Waals surface area (Å²) in [6.07, 6.45) is 1.05. The molecule has 0 aromatic heterocycles. The fraction of sp³-hybridized carbons (Fsp3) is 0.438. The van der Waals surface area contributed by atoms with Crippen molar-refractivity contribution in [3.63, 3.8) is 0 Å². The maximum atomic E-state index is 12.1. The van der Waals surface area contributed by atoms with Crippen molar-refractivity contribution >= 4 is 33.5 Å². The van der Waals surface area contributed by atoms with Gasteiger partial charge in [0.05, 0.1) is 17.6 Å². The molecule has 10 heteroatoms. The summed E-state index contributed by atoms with van der Waals surface area (Å²) in [6.45, 7) is 3.31. The Morgan fingerprint density at radius 3 is 2.31 bits per heavy atom. The highest BCUT2D eigenvalue weighted by molar-refractivity contribution is 7.90. The van der Waals surface area contributed by atoms with Crippen LogP contribution >= 0.6 is 0 Å². The Bertz CT molecular complexity index is 816. The number of benzene rings is 1. The van der Waals surface area contributed by atoms with E-state index in [-0.39, 0.29) is 29.0 Å². The summed E-state index contributed by atoms with van der Waals surface area (Å²) in [4.78, 5) is 34.4. The normalized spacial score (nSPS) is 11.5. The van der Waals surface area contributed by atoms with Gasteiger partial charge >= 0.3 is 18.0 Å². The number of aliphatic carboxylic acids is 1. The average molecular weight is 386 g/mol. The Balaban J connectivity index is 3.02. The van der Waals surface area contributed by atoms with Crippen molar-refractivity contribution < 1.29 is 32.6 Å². The van der Waals surface area contributed by atoms with Gasteiger partial charge in [0.2, 0.25) is 0 Å². The molecule has 26 heavy (non-hydrogen) atoms. The minimum atomic E-state index is -3.62. The van der Waals surface area contributed by atoms with Crippen LogP contribution < -0.4 is 10.6 Å². The summed E-state index contributed by atoms with van der Waals surface area (Å²) in [5, 5.41) is 13.8. The van der Waals surface area contributed by atoms with E-state index >= 15 is 0 Å². The number of anilines is 1. The fourth-order valence-corrected chi connectivity index (χ4v) is 2.75. The predicted molar refractivity (Wildman–Crippen MR) is 94.0 cm³/mol. The Morgan fingerprint density at radius 2 is 1.81 bits per heavy atom. The van der Waals surface area contributed by atoms with Crippen LogP contribution in [0.25, 0.3) is 0 Å². The Labute approximate surface area is 151 Å². The third-order valence-corrected chi connectivity index (χ3v) is 4.52. The molecule has 0 saturated carbocycles. The molecule has 0 heterocycles. The number of amides is 2. The van der Waals surface area contributed by atoms with E-state index in [9.17, 15) is 22.8 Å². The van der Waals surface area contributed by atoms with Crippen molar-refractivity contribution in [1.29, 1.82) is 0 Å². The number of carboxylic acid groups (broad SMARTS) is 1. The summed E-state index contributed by atoms with van der Waals surface area (Å²) in [7, 11) is -2.47. The number of esters is 1. The van der Waals surface area contributed by atoms with E-state index in [1.165, 1.54) is 12.1 Å². The van der Waals surface area contributed by atoms with Crippen molar-refractivity contribution in [3.05, 3.63) is 23.8 Å². The summed E-state index contributed by atoms with van der Waals surface area (Å²) in [6, 6.07) is 2.98. The van der Waals surface area contributed by atoms with E-state index in [1.54, 1.807) is 13.8 Å². The summed E-state index contributed by atoms with van der Waals surface area (Å²) < 4.78 is 28.1. The number of sulfone groups is 1. The third-order valence-electron chi connectivity index (χ3n) is 3.43. The molecular weight excluding hydrogens is 364 g/mol. The zero-order valence-corrected chi connectivity index (χ0v) is 15.8. The van der Waals surface area contributed by atoms with Crippen molar-refractivity contribution in [2.75, 3.05) is 18.7 Å². The minimum Gasteiger partial charge on any atom is -0.481 e. The van der Waals surface area contributed by atoms with E-state index in [0.717, 1.165) is 19.4 Å². The molecule has 0 aliphatic rings. The first kappa shape index (κ1) is 21.4. The standard InChI is InChI=1S/C16H22N2O7S/c1-16(2,6-5-13(19)20)18-15(22)17-11-7-10(14(21)25-3)8-12(9-11)26(4,23)24/h7-9H,5-6H2,1-4H3,(H,19,20)(H2,17,18,22). The molecule has 0 spiro atoms. The molecule has 0 saturated heterocycles. The Hall–Kier alpha value is -2.62. The Kier molecular flexibility index (Phi) is 6.73. The van der Waals surface area contributed by atoms with E-state index in [4.69, 9.17) is 5.11 Å². The number of carboxylic acids is 1. The van der Waals surface area contributed by atoms with Crippen LogP contribution in [0.5, 0.6) is 0 Å². The molecule has 1 aromatic carbocycles. The number of rotatable bonds is 7. The van der Waals surface area contributed by atoms with Crippen molar-refractivity contribution in [3.8, 4) is 0 Å². The van der Waals surface area contributed by atoms with E-state index in [0.29, 0.717) is 0 Å². The Morgan fingerprint density at radius 1 is 1.19 bits per heavy atom. The molecule has 0 radical (unpaired) electrons. The lowest BCUT2D eigenvalue weighted by Gasteiger charge is -2.25. The van der Waals surface area contributed by atoms with Gasteiger partial charge in [0.25, 0.3) is 0 Å². The van der Waals surface area contributed by atoms with Gasteiger partial charge in [0, 0.05) is 23.9 Å². The molecule has 0 aliphatic carbocycles. The molecule has 3 N–H and O–H groups in total. The summed E-state index contributed by atoms with van der Waals surface area (Å²) in [5.41, 5.74) is -0.752. The monoisotopic (exact) mass is 386 g/mol. The van der Waals surface area contributed by atoms with Gasteiger partial charge in [-0.05, 0) is 38.5 Å². The van der Waals surface area contributed by atoms with Crippen LogP contribution in [0.1, 0.15) is 37.0 Å². The number of carbonyl (C=O) groups excluding carboxylic acids is 2. The van der Waals surface area contributed by atoms with Gasteiger partial charge in [-0.2, -0.15) is 0 Å². The lowest BCUT2D eigenvalue weighted by atomic mass is 9.99. The molecule has 1 aromatic rings. The van der Waals surface area contributed by atoms with Crippen LogP contribution in [0.4, 0.5) is 10.5 Å². The van der Waals surface area contributed by atoms with Crippen molar-refractivity contribution in [2.45, 2.75) is 37.1 Å². The van der Waals surface area contributed by atoms with Crippen LogP contribution in [-0.2, 0) is 19.4 Å². The van der Waals surface area contributed by atoms with E-state index < -0.39 is 33.3 Å². The number of urea groups is 1. The van der Waals surface area contributed by atoms with Gasteiger partial charge in [-0.1, -0.05) is 0 Å². The maximum Gasteiger partial charge on any atom is 0.337 e. The number of nitrogens with one attached hydrogen (secondary N) is 2. The first-order chi connectivity index (χ1) is 11.8. The van der Waals surface area contributed by atoms with Gasteiger partial charge in [-0.25, -0.2) is 18.0 Å². The van der Waals surface area contributed by atoms with Crippen LogP contribution in [0.3, 0.4) is 0 Å². The highest BCUT2D eigenvalue weighted by atomic mass is 32.2. The number of methoxy groups -OCH3 is 1. The summed E-state index contributed by atoms with van der Waals surface area (Å²) >= 11 is 0. The zero-order chi connectivity index (χ0) is 20.1. The first-order valence-electron chi connectivity index (χ1n) is 7.58. The lowest BCUT2D eigenvalue weighted by Crippen LogP contribution is -2.45. The minimum absolute atomic E-state index is 0.0316. The van der Waals surface area contributed by atoms with Crippen molar-refractivity contribution in [2.24, 2.45) is 0 Å². The van der Waals surface area contributed by atoms with E-state index in [1.807, 2.05) is 0 Å². The van der Waals surface area contributed by atoms with Gasteiger partial charge < -0.3 is 20.5 Å². The van der Waals surface area contributed by atoms with Crippen LogP contribution in [0.15, 0.2) is 23.1 Å². The van der Waals surface area contributed by atoms with Gasteiger partial charge in [0.15, 0.2) is 9.84 Å². The quantitative estimate of drug-likeness (QED) is 0.605. The molecule has 1 rings (SSSR count). The molecule has 0 unspecified atom stereocenters.